The zero-order chi connectivity index (χ0) is 51.3. The van der Waals surface area contributed by atoms with Gasteiger partial charge < -0.3 is 19.8 Å². The SMILES string of the molecule is CCCCCCCCCCCCCCCCCCCCCCC/C=C/C(O)C(COP(=O)(O)OCC[N+](C)(C)C)NC(=O)CCCCCCCCCCCCCCCCCCCCCCCCCCC. The van der Waals surface area contributed by atoms with Crippen LogP contribution < -0.4 is 5.32 Å². The largest absolute Gasteiger partial charge is 0.472 e. The molecule has 0 aliphatic heterocycles. The van der Waals surface area contributed by atoms with Crippen molar-refractivity contribution in [1.29, 1.82) is 0 Å². The predicted molar refractivity (Wildman–Crippen MR) is 305 cm³/mol. The lowest BCUT2D eigenvalue weighted by Gasteiger charge is -2.25. The summed E-state index contributed by atoms with van der Waals surface area (Å²) in [5.41, 5.74) is 0. The van der Waals surface area contributed by atoms with Crippen LogP contribution in [0.4, 0.5) is 0 Å². The molecule has 0 aromatic heterocycles. The molecule has 0 aliphatic rings. The van der Waals surface area contributed by atoms with Crippen molar-refractivity contribution in [2.24, 2.45) is 0 Å². The van der Waals surface area contributed by atoms with Crippen molar-refractivity contribution in [3.05, 3.63) is 12.2 Å². The average Bonchev–Trinajstić information content (AvgIpc) is 3.32. The molecule has 70 heavy (non-hydrogen) atoms. The van der Waals surface area contributed by atoms with Crippen LogP contribution in [0.2, 0.25) is 0 Å². The van der Waals surface area contributed by atoms with E-state index in [-0.39, 0.29) is 19.1 Å². The van der Waals surface area contributed by atoms with Gasteiger partial charge in [0.05, 0.1) is 39.9 Å². The van der Waals surface area contributed by atoms with Crippen molar-refractivity contribution in [3.63, 3.8) is 0 Å². The molecule has 9 heteroatoms. The number of phosphoric acid groups is 1. The van der Waals surface area contributed by atoms with E-state index in [1.165, 1.54) is 270 Å². The number of aliphatic hydroxyl groups is 1. The van der Waals surface area contributed by atoms with Crippen molar-refractivity contribution in [3.8, 4) is 0 Å². The van der Waals surface area contributed by atoms with Crippen LogP contribution in [0.5, 0.6) is 0 Å². The van der Waals surface area contributed by atoms with Gasteiger partial charge in [0.1, 0.15) is 13.2 Å². The van der Waals surface area contributed by atoms with E-state index < -0.39 is 20.0 Å². The molecule has 3 unspecified atom stereocenters. The number of nitrogens with one attached hydrogen (secondary N) is 1. The number of likely N-dealkylation sites (N-methyl/N-ethyl adjacent to an activating group) is 1. The summed E-state index contributed by atoms with van der Waals surface area (Å²) in [5.74, 6) is -0.168. The van der Waals surface area contributed by atoms with Gasteiger partial charge in [0.2, 0.25) is 5.91 Å². The molecule has 8 nitrogen and oxygen atoms in total. The number of quaternary nitrogens is 1. The summed E-state index contributed by atoms with van der Waals surface area (Å²) in [6.45, 7) is 4.88. The Hall–Kier alpha value is -0.760. The monoisotopic (exact) mass is 1010 g/mol. The topological polar surface area (TPSA) is 105 Å². The molecule has 0 aromatic carbocycles. The lowest BCUT2D eigenvalue weighted by molar-refractivity contribution is -0.870. The van der Waals surface area contributed by atoms with E-state index in [1.54, 1.807) is 6.08 Å². The second-order valence-corrected chi connectivity index (χ2v) is 24.3. The summed E-state index contributed by atoms with van der Waals surface area (Å²) in [5, 5.41) is 14.0. The molecule has 0 rings (SSSR count). The molecule has 0 fully saturated rings. The summed E-state index contributed by atoms with van der Waals surface area (Å²) in [6.07, 6.45) is 66.1. The van der Waals surface area contributed by atoms with Gasteiger partial charge in [-0.3, -0.25) is 13.8 Å². The second kappa shape index (κ2) is 53.1. The lowest BCUT2D eigenvalue weighted by Crippen LogP contribution is -2.45. The van der Waals surface area contributed by atoms with Gasteiger partial charge in [0, 0.05) is 6.42 Å². The smallest absolute Gasteiger partial charge is 0.387 e. The van der Waals surface area contributed by atoms with Crippen LogP contribution in [-0.2, 0) is 18.4 Å². The summed E-state index contributed by atoms with van der Waals surface area (Å²) in [7, 11) is 1.59. The number of carbonyl (C=O) groups is 1. The van der Waals surface area contributed by atoms with Crippen LogP contribution in [0.15, 0.2) is 12.2 Å². The fourth-order valence-electron chi connectivity index (χ4n) is 9.63. The first kappa shape index (κ1) is 69.2. The van der Waals surface area contributed by atoms with Gasteiger partial charge in [-0.05, 0) is 19.3 Å². The molecular weight excluding hydrogens is 888 g/mol. The number of nitrogens with zero attached hydrogens (tertiary/aromatic N) is 1. The molecule has 3 atom stereocenters. The van der Waals surface area contributed by atoms with E-state index in [0.29, 0.717) is 17.4 Å². The number of amides is 1. The van der Waals surface area contributed by atoms with E-state index in [0.717, 1.165) is 32.1 Å². The van der Waals surface area contributed by atoms with Crippen molar-refractivity contribution in [2.45, 2.75) is 334 Å². The minimum atomic E-state index is -4.34. The number of hydrogen-bond donors (Lipinski definition) is 3. The molecule has 0 saturated heterocycles. The molecule has 1 amide bonds. The maximum atomic E-state index is 13.0. The highest BCUT2D eigenvalue weighted by molar-refractivity contribution is 7.47. The summed E-state index contributed by atoms with van der Waals surface area (Å²) in [4.78, 5) is 23.3. The number of unbranched alkanes of at least 4 members (excludes halogenated alkanes) is 45. The number of allylic oxidation sites excluding steroid dienone is 1. The third-order valence-electron chi connectivity index (χ3n) is 14.5. The quantitative estimate of drug-likeness (QED) is 0.0243. The zero-order valence-electron chi connectivity index (χ0n) is 47.8. The highest BCUT2D eigenvalue weighted by atomic mass is 31.2. The highest BCUT2D eigenvalue weighted by Crippen LogP contribution is 2.43. The van der Waals surface area contributed by atoms with Gasteiger partial charge in [-0.15, -0.1) is 0 Å². The number of hydrogen-bond acceptors (Lipinski definition) is 5. The van der Waals surface area contributed by atoms with Crippen molar-refractivity contribution in [1.82, 2.24) is 5.32 Å². The van der Waals surface area contributed by atoms with E-state index >= 15 is 0 Å². The van der Waals surface area contributed by atoms with Crippen LogP contribution in [0.3, 0.4) is 0 Å². The molecule has 0 aliphatic carbocycles. The molecular formula is C61H124N2O6P+. The number of carbonyl (C=O) groups excluding carboxylic acids is 1. The maximum absolute atomic E-state index is 13.0. The van der Waals surface area contributed by atoms with Crippen LogP contribution in [0, 0.1) is 0 Å². The lowest BCUT2D eigenvalue weighted by atomic mass is 10.0. The fourth-order valence-corrected chi connectivity index (χ4v) is 10.4. The van der Waals surface area contributed by atoms with Crippen LogP contribution >= 0.6 is 7.82 Å². The molecule has 3 N–H and O–H groups in total. The van der Waals surface area contributed by atoms with Crippen molar-refractivity contribution in [2.75, 3.05) is 40.9 Å². The summed E-state index contributed by atoms with van der Waals surface area (Å²) in [6, 6.07) is -0.842. The Labute approximate surface area is 437 Å². The average molecular weight is 1010 g/mol. The Kier molecular flexibility index (Phi) is 52.5. The molecule has 0 aromatic rings. The normalized spacial score (nSPS) is 13.9. The third-order valence-corrected chi connectivity index (χ3v) is 15.5. The molecule has 418 valence electrons. The third kappa shape index (κ3) is 55.0. The van der Waals surface area contributed by atoms with Gasteiger partial charge in [-0.2, -0.15) is 0 Å². The number of phosphoric ester groups is 1. The molecule has 0 saturated carbocycles. The number of rotatable bonds is 58. The van der Waals surface area contributed by atoms with Crippen LogP contribution in [0.1, 0.15) is 322 Å². The van der Waals surface area contributed by atoms with E-state index in [1.807, 2.05) is 27.2 Å². The Bertz CT molecular complexity index is 1150. The molecule has 0 spiro atoms. The Morgan fingerprint density at radius 1 is 0.471 bits per heavy atom. The predicted octanol–water partition coefficient (Wildman–Crippen LogP) is 19.0. The van der Waals surface area contributed by atoms with E-state index in [2.05, 4.69) is 19.2 Å². The first-order valence-electron chi connectivity index (χ1n) is 31.1. The fraction of sp³-hybridized carbons (Fsp3) is 0.951. The van der Waals surface area contributed by atoms with Gasteiger partial charge in [-0.25, -0.2) is 4.57 Å². The first-order valence-corrected chi connectivity index (χ1v) is 32.6. The minimum Gasteiger partial charge on any atom is -0.387 e. The van der Waals surface area contributed by atoms with E-state index in [4.69, 9.17) is 9.05 Å². The molecule has 0 heterocycles. The van der Waals surface area contributed by atoms with Gasteiger partial charge in [0.25, 0.3) is 0 Å². The van der Waals surface area contributed by atoms with Crippen molar-refractivity contribution >= 4 is 13.7 Å². The van der Waals surface area contributed by atoms with Crippen LogP contribution in [0.25, 0.3) is 0 Å². The Morgan fingerprint density at radius 2 is 0.757 bits per heavy atom. The maximum Gasteiger partial charge on any atom is 0.472 e. The first-order chi connectivity index (χ1) is 34.0. The zero-order valence-corrected chi connectivity index (χ0v) is 48.7. The highest BCUT2D eigenvalue weighted by Gasteiger charge is 2.27. The van der Waals surface area contributed by atoms with Gasteiger partial charge >= 0.3 is 7.82 Å². The standard InChI is InChI=1S/C61H123N2O6P/c1-6-8-10-12-14-16-18-20-22-24-26-28-30-31-33-35-37-39-41-43-45-47-49-51-53-55-61(65)62-59(58-69-70(66,67)68-57-56-63(3,4)5)60(64)54-52-50-48-46-44-42-40-38-36-34-32-29-27-25-23-21-19-17-15-13-11-9-7-2/h52,54,59-60,64H,6-51,53,55-58H2,1-5H3,(H-,62,65,66,67)/p+1/b54-52+. The molecule has 0 radical (unpaired) electrons. The van der Waals surface area contributed by atoms with E-state index in [9.17, 15) is 19.4 Å². The number of aliphatic hydroxyl groups excluding tert-OH is 1. The second-order valence-electron chi connectivity index (χ2n) is 22.8. The van der Waals surface area contributed by atoms with Gasteiger partial charge in [-0.1, -0.05) is 309 Å². The van der Waals surface area contributed by atoms with Crippen LogP contribution in [-0.4, -0.2) is 73.4 Å². The molecule has 0 bridgehead atoms. The minimum absolute atomic E-state index is 0.0653. The summed E-state index contributed by atoms with van der Waals surface area (Å²) < 4.78 is 23.8. The van der Waals surface area contributed by atoms with Gasteiger partial charge in [0.15, 0.2) is 0 Å². The van der Waals surface area contributed by atoms with Crippen molar-refractivity contribution < 1.29 is 32.9 Å². The summed E-state index contributed by atoms with van der Waals surface area (Å²) >= 11 is 0. The Morgan fingerprint density at radius 3 is 1.06 bits per heavy atom. The Balaban J connectivity index is 4.12.